The molecule has 0 bridgehead atoms. The lowest BCUT2D eigenvalue weighted by molar-refractivity contribution is 0.261. The topological polar surface area (TPSA) is 23.5 Å². The van der Waals surface area contributed by atoms with Crippen molar-refractivity contribution >= 4 is 31.9 Å². The van der Waals surface area contributed by atoms with Gasteiger partial charge in [-0.15, -0.1) is 0 Å². The van der Waals surface area contributed by atoms with E-state index in [1.165, 1.54) is 23.1 Å². The number of hydrogen-bond acceptors (Lipinski definition) is 2. The summed E-state index contributed by atoms with van der Waals surface area (Å²) in [5, 5.41) is 9.80. The van der Waals surface area contributed by atoms with Gasteiger partial charge < -0.3 is 5.11 Å². The van der Waals surface area contributed by atoms with Crippen molar-refractivity contribution in [2.45, 2.75) is 25.9 Å². The third kappa shape index (κ3) is 3.50. The van der Waals surface area contributed by atoms with E-state index in [-0.39, 0.29) is 5.75 Å². The minimum absolute atomic E-state index is 0.264. The van der Waals surface area contributed by atoms with Crippen molar-refractivity contribution in [1.29, 1.82) is 0 Å². The molecule has 4 heteroatoms. The van der Waals surface area contributed by atoms with Crippen molar-refractivity contribution in [3.8, 4) is 5.75 Å². The smallest absolute Gasteiger partial charge is 0.143 e. The molecule has 3 rings (SSSR count). The van der Waals surface area contributed by atoms with Crippen LogP contribution in [0.25, 0.3) is 0 Å². The highest BCUT2D eigenvalue weighted by molar-refractivity contribution is 9.11. The number of aryl methyl sites for hydroxylation is 1. The number of hydrogen-bond donors (Lipinski definition) is 1. The molecule has 2 aromatic rings. The number of halogens is 2. The van der Waals surface area contributed by atoms with Crippen molar-refractivity contribution in [3.05, 3.63) is 62.0 Å². The number of nitrogens with zero attached hydrogens (tertiary/aromatic N) is 1. The molecule has 110 valence electrons. The Balaban J connectivity index is 1.79. The van der Waals surface area contributed by atoms with Crippen LogP contribution in [0.15, 0.2) is 45.3 Å². The van der Waals surface area contributed by atoms with Gasteiger partial charge in [-0.25, -0.2) is 0 Å². The molecule has 0 aromatic heterocycles. The molecule has 21 heavy (non-hydrogen) atoms. The summed E-state index contributed by atoms with van der Waals surface area (Å²) in [6.07, 6.45) is 2.35. The Morgan fingerprint density at radius 2 is 1.71 bits per heavy atom. The third-order valence-electron chi connectivity index (χ3n) is 3.92. The molecular weight excluding hydrogens is 394 g/mol. The predicted molar refractivity (Wildman–Crippen MR) is 92.4 cm³/mol. The lowest BCUT2D eigenvalue weighted by Gasteiger charge is -2.21. The number of rotatable bonds is 2. The second-order valence-electron chi connectivity index (χ2n) is 5.49. The molecule has 1 aliphatic heterocycles. The highest BCUT2D eigenvalue weighted by Gasteiger charge is 2.15. The third-order valence-corrected chi connectivity index (χ3v) is 5.12. The maximum absolute atomic E-state index is 9.80. The van der Waals surface area contributed by atoms with Crippen LogP contribution in [-0.4, -0.2) is 16.6 Å². The van der Waals surface area contributed by atoms with Gasteiger partial charge >= 0.3 is 0 Å². The van der Waals surface area contributed by atoms with Gasteiger partial charge in [-0.3, -0.25) is 4.90 Å². The second-order valence-corrected chi connectivity index (χ2v) is 7.20. The van der Waals surface area contributed by atoms with Crippen molar-refractivity contribution in [2.24, 2.45) is 0 Å². The number of fused-ring (bicyclic) bond motifs is 1. The second kappa shape index (κ2) is 6.51. The van der Waals surface area contributed by atoms with Crippen LogP contribution in [0.4, 0.5) is 0 Å². The Kier molecular flexibility index (Phi) is 4.67. The maximum Gasteiger partial charge on any atom is 0.143 e. The van der Waals surface area contributed by atoms with Gasteiger partial charge in [0.1, 0.15) is 5.75 Å². The first-order valence-corrected chi connectivity index (χ1v) is 8.68. The van der Waals surface area contributed by atoms with E-state index >= 15 is 0 Å². The maximum atomic E-state index is 9.80. The normalized spacial score (nSPS) is 15.5. The van der Waals surface area contributed by atoms with E-state index in [0.717, 1.165) is 35.0 Å². The van der Waals surface area contributed by atoms with Crippen molar-refractivity contribution < 1.29 is 5.11 Å². The van der Waals surface area contributed by atoms with Gasteiger partial charge in [0, 0.05) is 13.1 Å². The number of aromatic hydroxyl groups is 1. The predicted octanol–water partition coefficient (Wildman–Crippen LogP) is 4.87. The molecule has 1 N–H and O–H groups in total. The summed E-state index contributed by atoms with van der Waals surface area (Å²) in [7, 11) is 0. The van der Waals surface area contributed by atoms with Crippen LogP contribution in [0.1, 0.15) is 23.1 Å². The summed E-state index contributed by atoms with van der Waals surface area (Å²) in [6, 6.07) is 12.7. The molecule has 0 aliphatic carbocycles. The fraction of sp³-hybridized carbons (Fsp3) is 0.294. The fourth-order valence-electron chi connectivity index (χ4n) is 2.87. The van der Waals surface area contributed by atoms with Gasteiger partial charge in [-0.1, -0.05) is 24.3 Å². The minimum atomic E-state index is 0.264. The van der Waals surface area contributed by atoms with Crippen molar-refractivity contribution in [3.63, 3.8) is 0 Å². The van der Waals surface area contributed by atoms with Gasteiger partial charge in [0.25, 0.3) is 0 Å². The summed E-state index contributed by atoms with van der Waals surface area (Å²) in [6.45, 7) is 2.99. The Morgan fingerprint density at radius 1 is 1.05 bits per heavy atom. The Labute approximate surface area is 142 Å². The van der Waals surface area contributed by atoms with Crippen LogP contribution in [0.2, 0.25) is 0 Å². The SMILES string of the molecule is Oc1c(Br)cc(CN2CCCc3ccccc3C2)cc1Br. The van der Waals surface area contributed by atoms with E-state index in [0.29, 0.717) is 0 Å². The summed E-state index contributed by atoms with van der Waals surface area (Å²) < 4.78 is 1.48. The first kappa shape index (κ1) is 15.1. The average Bonchev–Trinajstić information content (AvgIpc) is 2.66. The highest BCUT2D eigenvalue weighted by Crippen LogP contribution is 2.34. The standard InChI is InChI=1S/C17H17Br2NO/c18-15-8-12(9-16(19)17(15)21)10-20-7-3-6-13-4-1-2-5-14(13)11-20/h1-2,4-5,8-9,21H,3,6-7,10-11H2. The lowest BCUT2D eigenvalue weighted by Crippen LogP contribution is -2.22. The van der Waals surface area contributed by atoms with Gasteiger partial charge in [0.05, 0.1) is 8.95 Å². The van der Waals surface area contributed by atoms with Gasteiger partial charge in [-0.05, 0) is 80.1 Å². The van der Waals surface area contributed by atoms with E-state index in [4.69, 9.17) is 0 Å². The molecule has 0 saturated heterocycles. The largest absolute Gasteiger partial charge is 0.506 e. The van der Waals surface area contributed by atoms with E-state index < -0.39 is 0 Å². The molecule has 0 saturated carbocycles. The Hall–Kier alpha value is -0.840. The van der Waals surface area contributed by atoms with E-state index in [1.807, 2.05) is 12.1 Å². The molecule has 0 amide bonds. The van der Waals surface area contributed by atoms with Crippen LogP contribution < -0.4 is 0 Å². The molecule has 2 aromatic carbocycles. The molecular formula is C17H17Br2NO. The fourth-order valence-corrected chi connectivity index (χ4v) is 4.15. The van der Waals surface area contributed by atoms with E-state index in [1.54, 1.807) is 0 Å². The summed E-state index contributed by atoms with van der Waals surface area (Å²) in [5.41, 5.74) is 4.12. The van der Waals surface area contributed by atoms with Gasteiger partial charge in [0.2, 0.25) is 0 Å². The molecule has 0 atom stereocenters. The summed E-state index contributed by atoms with van der Waals surface area (Å²) in [4.78, 5) is 2.47. The zero-order valence-corrected chi connectivity index (χ0v) is 14.8. The van der Waals surface area contributed by atoms with Crippen molar-refractivity contribution in [2.75, 3.05) is 6.54 Å². The zero-order chi connectivity index (χ0) is 14.8. The summed E-state index contributed by atoms with van der Waals surface area (Å²) >= 11 is 6.81. The molecule has 1 heterocycles. The van der Waals surface area contributed by atoms with Crippen LogP contribution in [0.5, 0.6) is 5.75 Å². The van der Waals surface area contributed by atoms with Gasteiger partial charge in [-0.2, -0.15) is 0 Å². The van der Waals surface area contributed by atoms with Crippen LogP contribution in [-0.2, 0) is 19.5 Å². The highest BCUT2D eigenvalue weighted by atomic mass is 79.9. The molecule has 0 unspecified atom stereocenters. The molecule has 0 fully saturated rings. The Bertz CT molecular complexity index is 634. The molecule has 0 spiro atoms. The molecule has 2 nitrogen and oxygen atoms in total. The van der Waals surface area contributed by atoms with E-state index in [9.17, 15) is 5.11 Å². The molecule has 1 aliphatic rings. The van der Waals surface area contributed by atoms with Gasteiger partial charge in [0.15, 0.2) is 0 Å². The number of phenolic OH excluding ortho intramolecular Hbond substituents is 1. The number of phenols is 1. The molecule has 0 radical (unpaired) electrons. The Morgan fingerprint density at radius 3 is 2.43 bits per heavy atom. The van der Waals surface area contributed by atoms with Crippen LogP contribution in [0.3, 0.4) is 0 Å². The number of benzene rings is 2. The van der Waals surface area contributed by atoms with Crippen LogP contribution >= 0.6 is 31.9 Å². The van der Waals surface area contributed by atoms with Crippen LogP contribution in [0, 0.1) is 0 Å². The minimum Gasteiger partial charge on any atom is -0.506 e. The monoisotopic (exact) mass is 409 g/mol. The first-order chi connectivity index (χ1) is 10.1. The summed E-state index contributed by atoms with van der Waals surface area (Å²) in [5.74, 6) is 0.264. The van der Waals surface area contributed by atoms with Crippen molar-refractivity contribution in [1.82, 2.24) is 4.90 Å². The lowest BCUT2D eigenvalue weighted by atomic mass is 10.0. The van der Waals surface area contributed by atoms with E-state index in [2.05, 4.69) is 61.0 Å². The first-order valence-electron chi connectivity index (χ1n) is 7.09. The zero-order valence-electron chi connectivity index (χ0n) is 11.6. The quantitative estimate of drug-likeness (QED) is 0.763. The average molecular weight is 411 g/mol.